The Morgan fingerprint density at radius 3 is 2.38 bits per heavy atom. The zero-order valence-corrected chi connectivity index (χ0v) is 26.9. The number of ether oxygens (including phenoxy) is 2. The molecule has 0 aromatic heterocycles. The second-order valence-corrected chi connectivity index (χ2v) is 15.7. The smallest absolute Gasteiger partial charge is 0.311 e. The molecule has 7 nitrogen and oxygen atoms in total. The van der Waals surface area contributed by atoms with Crippen molar-refractivity contribution in [2.75, 3.05) is 6.61 Å². The lowest BCUT2D eigenvalue weighted by molar-refractivity contribution is -0.265. The maximum absolute atomic E-state index is 13.9. The van der Waals surface area contributed by atoms with Crippen molar-refractivity contribution in [3.8, 4) is 0 Å². The maximum atomic E-state index is 13.9. The second kappa shape index (κ2) is 11.1. The third-order valence-electron chi connectivity index (χ3n) is 13.1. The van der Waals surface area contributed by atoms with Crippen LogP contribution in [-0.2, 0) is 19.1 Å². The van der Waals surface area contributed by atoms with Gasteiger partial charge in [0.2, 0.25) is 6.29 Å². The number of ketones is 1. The average molecular weight is 587 g/mol. The Labute approximate surface area is 252 Å². The topological polar surface area (TPSA) is 113 Å². The minimum Gasteiger partial charge on any atom is -0.433 e. The van der Waals surface area contributed by atoms with Crippen molar-refractivity contribution in [1.29, 1.82) is 0 Å². The summed E-state index contributed by atoms with van der Waals surface area (Å²) < 4.78 is 11.3. The summed E-state index contributed by atoms with van der Waals surface area (Å²) >= 11 is 0. The Morgan fingerprint density at radius 1 is 0.976 bits per heavy atom. The van der Waals surface area contributed by atoms with E-state index in [-0.39, 0.29) is 46.1 Å². The Kier molecular flexibility index (Phi) is 8.44. The first kappa shape index (κ1) is 31.9. The number of fused-ring (bicyclic) bond motifs is 4. The van der Waals surface area contributed by atoms with E-state index in [4.69, 9.17) is 9.47 Å². The standard InChI is InChI=1S/C35H54O7/c1-20(2)9-8-10-21(30(40)42-31-29(39)28(38)25(36)19-41-31)22-13-17-35(7)24-11-12-26-32(3,4)27(37)15-16-33(26,5)23(24)14-18-34(22,35)6/h9,21-22,25-26,28-29,31,36,38-39H,8,10-19H2,1-7H3. The van der Waals surface area contributed by atoms with Gasteiger partial charge < -0.3 is 24.8 Å². The van der Waals surface area contributed by atoms with Gasteiger partial charge in [0, 0.05) is 11.8 Å². The summed E-state index contributed by atoms with van der Waals surface area (Å²) in [5.41, 5.74) is 4.05. The van der Waals surface area contributed by atoms with Gasteiger partial charge in [-0.05, 0) is 99.7 Å². The first-order valence-corrected chi connectivity index (χ1v) is 16.3. The highest BCUT2D eigenvalue weighted by atomic mass is 16.7. The molecule has 5 aliphatic rings. The summed E-state index contributed by atoms with van der Waals surface area (Å²) in [5.74, 6) is 0.142. The average Bonchev–Trinajstić information content (AvgIpc) is 3.20. The van der Waals surface area contributed by atoms with E-state index in [1.54, 1.807) is 11.1 Å². The summed E-state index contributed by atoms with van der Waals surface area (Å²) in [6, 6.07) is 0. The van der Waals surface area contributed by atoms with Gasteiger partial charge in [-0.2, -0.15) is 0 Å². The number of carbonyl (C=O) groups excluding carboxylic acids is 2. The molecule has 0 aromatic rings. The van der Waals surface area contributed by atoms with Gasteiger partial charge in [0.05, 0.1) is 12.5 Å². The molecule has 0 amide bonds. The van der Waals surface area contributed by atoms with Gasteiger partial charge in [-0.3, -0.25) is 9.59 Å². The van der Waals surface area contributed by atoms with Crippen molar-refractivity contribution in [2.24, 2.45) is 39.4 Å². The number of hydrogen-bond acceptors (Lipinski definition) is 7. The van der Waals surface area contributed by atoms with Gasteiger partial charge in [-0.15, -0.1) is 0 Å². The molecule has 7 heteroatoms. The third kappa shape index (κ3) is 4.85. The SMILES string of the molecule is CC(C)=CCCC(C(=O)OC1OCC(O)C(O)C1O)C1CCC2(C)C3=C(CCC12C)C1(C)CCC(=O)C(C)(C)C1CC3. The van der Waals surface area contributed by atoms with Crippen molar-refractivity contribution >= 4 is 11.8 Å². The first-order valence-electron chi connectivity index (χ1n) is 16.3. The van der Waals surface area contributed by atoms with E-state index >= 15 is 0 Å². The van der Waals surface area contributed by atoms with Crippen LogP contribution in [0.25, 0.3) is 0 Å². The lowest BCUT2D eigenvalue weighted by Crippen LogP contribution is -2.55. The molecule has 5 rings (SSSR count). The summed E-state index contributed by atoms with van der Waals surface area (Å²) in [6.07, 6.45) is 5.79. The van der Waals surface area contributed by atoms with Crippen LogP contribution in [-0.4, -0.2) is 58.3 Å². The summed E-state index contributed by atoms with van der Waals surface area (Å²) in [5, 5.41) is 30.5. The van der Waals surface area contributed by atoms with E-state index in [9.17, 15) is 24.9 Å². The van der Waals surface area contributed by atoms with E-state index in [0.717, 1.165) is 51.4 Å². The largest absolute Gasteiger partial charge is 0.433 e. The second-order valence-electron chi connectivity index (χ2n) is 15.7. The van der Waals surface area contributed by atoms with Gasteiger partial charge in [0.1, 0.15) is 24.1 Å². The van der Waals surface area contributed by atoms with Crippen LogP contribution in [0.4, 0.5) is 0 Å². The number of hydrogen-bond donors (Lipinski definition) is 3. The number of carbonyl (C=O) groups is 2. The van der Waals surface area contributed by atoms with E-state index in [2.05, 4.69) is 54.5 Å². The molecular weight excluding hydrogens is 532 g/mol. The number of rotatable bonds is 6. The molecule has 0 aromatic carbocycles. The molecule has 1 heterocycles. The Bertz CT molecular complexity index is 1150. The van der Waals surface area contributed by atoms with Crippen LogP contribution < -0.4 is 0 Å². The van der Waals surface area contributed by atoms with Crippen LogP contribution in [0, 0.1) is 39.4 Å². The number of esters is 1. The number of Topliss-reactive ketones (excluding diaryl/α,β-unsaturated/α-hetero) is 1. The maximum Gasteiger partial charge on any atom is 0.311 e. The third-order valence-corrected chi connectivity index (χ3v) is 13.1. The van der Waals surface area contributed by atoms with E-state index in [1.807, 2.05) is 0 Å². The van der Waals surface area contributed by atoms with Crippen LogP contribution in [0.5, 0.6) is 0 Å². The van der Waals surface area contributed by atoms with Crippen molar-refractivity contribution in [3.05, 3.63) is 22.8 Å². The fourth-order valence-electron chi connectivity index (χ4n) is 10.3. The monoisotopic (exact) mass is 586 g/mol. The Balaban J connectivity index is 1.45. The normalized spacial score (nSPS) is 43.6. The van der Waals surface area contributed by atoms with Crippen molar-refractivity contribution in [1.82, 2.24) is 0 Å². The molecule has 1 saturated heterocycles. The summed E-state index contributed by atoms with van der Waals surface area (Å²) in [6.45, 7) is 15.5. The molecule has 2 saturated carbocycles. The van der Waals surface area contributed by atoms with Gasteiger partial charge >= 0.3 is 5.97 Å². The molecule has 3 N–H and O–H groups in total. The van der Waals surface area contributed by atoms with E-state index < -0.39 is 24.6 Å². The summed E-state index contributed by atoms with van der Waals surface area (Å²) in [4.78, 5) is 26.9. The lowest BCUT2D eigenvalue weighted by atomic mass is 9.43. The highest BCUT2D eigenvalue weighted by Gasteiger charge is 2.64. The molecule has 1 aliphatic heterocycles. The van der Waals surface area contributed by atoms with Crippen molar-refractivity contribution in [3.63, 3.8) is 0 Å². The van der Waals surface area contributed by atoms with Crippen LogP contribution in [0.2, 0.25) is 0 Å². The van der Waals surface area contributed by atoms with Gasteiger partial charge in [0.25, 0.3) is 0 Å². The highest BCUT2D eigenvalue weighted by Crippen LogP contribution is 2.72. The summed E-state index contributed by atoms with van der Waals surface area (Å²) in [7, 11) is 0. The Hall–Kier alpha value is -1.54. The molecule has 4 aliphatic carbocycles. The van der Waals surface area contributed by atoms with E-state index in [1.165, 1.54) is 5.57 Å². The first-order chi connectivity index (χ1) is 19.6. The number of allylic oxidation sites excluding steroid dienone is 4. The molecule has 0 spiro atoms. The predicted octanol–water partition coefficient (Wildman–Crippen LogP) is 5.65. The van der Waals surface area contributed by atoms with Crippen molar-refractivity contribution in [2.45, 2.75) is 137 Å². The molecule has 42 heavy (non-hydrogen) atoms. The minimum absolute atomic E-state index is 0.0268. The lowest BCUT2D eigenvalue weighted by Gasteiger charge is -2.60. The molecule has 236 valence electrons. The zero-order valence-electron chi connectivity index (χ0n) is 26.9. The van der Waals surface area contributed by atoms with Crippen LogP contribution in [0.3, 0.4) is 0 Å². The number of aliphatic hydroxyl groups is 3. The van der Waals surface area contributed by atoms with Gasteiger partial charge in [-0.1, -0.05) is 57.4 Å². The van der Waals surface area contributed by atoms with Crippen molar-refractivity contribution < 1.29 is 34.4 Å². The molecule has 0 radical (unpaired) electrons. The Morgan fingerprint density at radius 2 is 1.69 bits per heavy atom. The zero-order chi connectivity index (χ0) is 30.8. The minimum atomic E-state index is -1.49. The number of aliphatic hydroxyl groups excluding tert-OH is 3. The molecule has 10 atom stereocenters. The van der Waals surface area contributed by atoms with Gasteiger partial charge in [0.15, 0.2) is 0 Å². The predicted molar refractivity (Wildman–Crippen MR) is 160 cm³/mol. The quantitative estimate of drug-likeness (QED) is 0.272. The highest BCUT2D eigenvalue weighted by molar-refractivity contribution is 5.85. The molecule has 3 fully saturated rings. The van der Waals surface area contributed by atoms with Gasteiger partial charge in [-0.25, -0.2) is 0 Å². The van der Waals surface area contributed by atoms with E-state index in [0.29, 0.717) is 24.5 Å². The molecule has 0 bridgehead atoms. The molecular formula is C35H54O7. The fourth-order valence-corrected chi connectivity index (χ4v) is 10.3. The van der Waals surface area contributed by atoms with Crippen LogP contribution in [0.15, 0.2) is 22.8 Å². The van der Waals surface area contributed by atoms with Crippen LogP contribution >= 0.6 is 0 Å². The fraction of sp³-hybridized carbons (Fsp3) is 0.829. The molecule has 10 unspecified atom stereocenters. The van der Waals surface area contributed by atoms with Crippen LogP contribution in [0.1, 0.15) is 113 Å².